The third kappa shape index (κ3) is 15.6. The number of hydrogen-bond acceptors (Lipinski definition) is 2. The fourth-order valence-corrected chi connectivity index (χ4v) is 2.64. The van der Waals surface area contributed by atoms with Gasteiger partial charge in [0.05, 0.1) is 12.3 Å². The first-order chi connectivity index (χ1) is 11.0. The third-order valence-corrected chi connectivity index (χ3v) is 4.02. The maximum absolute atomic E-state index is 11.0. The van der Waals surface area contributed by atoms with E-state index in [4.69, 9.17) is 10.2 Å². The molecule has 0 saturated heterocycles. The predicted molar refractivity (Wildman–Crippen MR) is 94.5 cm³/mol. The molecule has 0 aliphatic rings. The average molecular weight is 365 g/mol. The molecule has 2 atom stereocenters. The van der Waals surface area contributed by atoms with Crippen LogP contribution in [0.15, 0.2) is 24.8 Å². The summed E-state index contributed by atoms with van der Waals surface area (Å²) >= 11 is 0. The molecule has 5 heteroatoms. The SMILES string of the molecule is C=CCC(CC=CC(CC(=O)O)C(=O)O)CCCCCCCC.[H-].[K+]. The second kappa shape index (κ2) is 17.9. The Kier molecular flexibility index (Phi) is 19.6. The molecule has 0 amide bonds. The minimum Gasteiger partial charge on any atom is -1.00 e. The van der Waals surface area contributed by atoms with Gasteiger partial charge in [0, 0.05) is 0 Å². The first-order valence-electron chi connectivity index (χ1n) is 8.73. The minimum absolute atomic E-state index is 0. The van der Waals surface area contributed by atoms with E-state index >= 15 is 0 Å². The summed E-state index contributed by atoms with van der Waals surface area (Å²) in [6.07, 6.45) is 15.3. The van der Waals surface area contributed by atoms with Crippen molar-refractivity contribution in [1.29, 1.82) is 0 Å². The second-order valence-electron chi connectivity index (χ2n) is 6.15. The molecule has 0 saturated carbocycles. The molecule has 0 aliphatic carbocycles. The van der Waals surface area contributed by atoms with E-state index in [1.165, 1.54) is 44.6 Å². The smallest absolute Gasteiger partial charge is 1.00 e. The molecule has 2 unspecified atom stereocenters. The Balaban J connectivity index is -0.00000242. The van der Waals surface area contributed by atoms with E-state index in [1.54, 1.807) is 0 Å². The van der Waals surface area contributed by atoms with Gasteiger partial charge in [-0.25, -0.2) is 0 Å². The van der Waals surface area contributed by atoms with Crippen molar-refractivity contribution in [3.63, 3.8) is 0 Å². The van der Waals surface area contributed by atoms with E-state index in [9.17, 15) is 9.59 Å². The summed E-state index contributed by atoms with van der Waals surface area (Å²) in [4.78, 5) is 21.7. The van der Waals surface area contributed by atoms with Gasteiger partial charge in [-0.2, -0.15) is 0 Å². The van der Waals surface area contributed by atoms with Crippen LogP contribution in [0, 0.1) is 11.8 Å². The van der Waals surface area contributed by atoms with Crippen molar-refractivity contribution < 1.29 is 72.6 Å². The largest absolute Gasteiger partial charge is 1.00 e. The van der Waals surface area contributed by atoms with E-state index in [0.717, 1.165) is 19.3 Å². The Morgan fingerprint density at radius 2 is 1.71 bits per heavy atom. The quantitative estimate of drug-likeness (QED) is 0.265. The van der Waals surface area contributed by atoms with E-state index in [0.29, 0.717) is 5.92 Å². The maximum Gasteiger partial charge on any atom is 1.00 e. The molecule has 24 heavy (non-hydrogen) atoms. The Bertz CT molecular complexity index is 386. The van der Waals surface area contributed by atoms with Gasteiger partial charge in [-0.1, -0.05) is 63.7 Å². The first-order valence-corrected chi connectivity index (χ1v) is 8.73. The molecule has 4 nitrogen and oxygen atoms in total. The summed E-state index contributed by atoms with van der Waals surface area (Å²) in [5, 5.41) is 17.7. The van der Waals surface area contributed by atoms with Crippen LogP contribution in [0.3, 0.4) is 0 Å². The Hall–Kier alpha value is 0.0564. The van der Waals surface area contributed by atoms with Crippen LogP contribution in [0.1, 0.15) is 72.6 Å². The second-order valence-corrected chi connectivity index (χ2v) is 6.15. The minimum atomic E-state index is -1.09. The molecule has 0 bridgehead atoms. The van der Waals surface area contributed by atoms with Crippen LogP contribution in [-0.2, 0) is 9.59 Å². The Labute approximate surface area is 190 Å². The number of hydrogen-bond donors (Lipinski definition) is 2. The topological polar surface area (TPSA) is 74.6 Å². The molecule has 2 N–H and O–H groups in total. The summed E-state index contributed by atoms with van der Waals surface area (Å²) in [6, 6.07) is 0. The van der Waals surface area contributed by atoms with Crippen molar-refractivity contribution in [3.05, 3.63) is 24.8 Å². The van der Waals surface area contributed by atoms with Crippen molar-refractivity contribution in [2.24, 2.45) is 11.8 Å². The van der Waals surface area contributed by atoms with Gasteiger partial charge in [0.2, 0.25) is 0 Å². The zero-order chi connectivity index (χ0) is 17.5. The van der Waals surface area contributed by atoms with Gasteiger partial charge in [0.1, 0.15) is 0 Å². The first kappa shape index (κ1) is 26.3. The van der Waals surface area contributed by atoms with Crippen LogP contribution < -0.4 is 51.4 Å². The van der Waals surface area contributed by atoms with Crippen LogP contribution in [0.2, 0.25) is 0 Å². The monoisotopic (exact) mass is 364 g/mol. The fourth-order valence-electron chi connectivity index (χ4n) is 2.64. The van der Waals surface area contributed by atoms with Gasteiger partial charge in [-0.3, -0.25) is 9.59 Å². The van der Waals surface area contributed by atoms with Crippen molar-refractivity contribution in [3.8, 4) is 0 Å². The molecular formula is C19H33KO4. The van der Waals surface area contributed by atoms with Gasteiger partial charge in [0.25, 0.3) is 0 Å². The standard InChI is InChI=1S/C19H32O4.K.H/c1-3-5-6-7-8-9-12-16(11-4-2)13-10-14-17(19(22)23)15-18(20)21;;/h4,10,14,16-17H,2-3,5-9,11-13,15H2,1H3,(H,20,21)(H,22,23);;/q;+1;-1. The molecule has 0 rings (SSSR count). The number of carboxylic acids is 2. The zero-order valence-electron chi connectivity index (χ0n) is 16.4. The number of unbranched alkanes of at least 4 members (excludes halogenated alkanes) is 5. The predicted octanol–water partition coefficient (Wildman–Crippen LogP) is 2.17. The molecule has 0 aliphatic heterocycles. The van der Waals surface area contributed by atoms with E-state index in [-0.39, 0.29) is 59.2 Å². The fraction of sp³-hybridized carbons (Fsp3) is 0.684. The van der Waals surface area contributed by atoms with Crippen LogP contribution in [0.4, 0.5) is 0 Å². The molecule has 0 aromatic carbocycles. The molecule has 0 heterocycles. The third-order valence-electron chi connectivity index (χ3n) is 4.02. The van der Waals surface area contributed by atoms with Crippen molar-refractivity contribution in [1.82, 2.24) is 0 Å². The molecule has 134 valence electrons. The van der Waals surface area contributed by atoms with Gasteiger partial charge >= 0.3 is 63.3 Å². The summed E-state index contributed by atoms with van der Waals surface area (Å²) < 4.78 is 0. The molecule has 0 aromatic heterocycles. The Morgan fingerprint density at radius 1 is 1.08 bits per heavy atom. The number of carbonyl (C=O) groups is 2. The zero-order valence-corrected chi connectivity index (χ0v) is 18.5. The normalized spacial score (nSPS) is 13.2. The summed E-state index contributed by atoms with van der Waals surface area (Å²) in [5.41, 5.74) is 0. The summed E-state index contributed by atoms with van der Waals surface area (Å²) in [5.74, 6) is -2.64. The van der Waals surface area contributed by atoms with Crippen LogP contribution in [0.5, 0.6) is 0 Å². The number of allylic oxidation sites excluding steroid dienone is 2. The summed E-state index contributed by atoms with van der Waals surface area (Å²) in [6.45, 7) is 5.99. The number of rotatable bonds is 15. The number of aliphatic carboxylic acids is 2. The van der Waals surface area contributed by atoms with Gasteiger partial charge < -0.3 is 11.6 Å². The number of carboxylic acid groups (broad SMARTS) is 2. The Morgan fingerprint density at radius 3 is 2.25 bits per heavy atom. The van der Waals surface area contributed by atoms with Gasteiger partial charge in [-0.05, 0) is 25.2 Å². The molecular weight excluding hydrogens is 331 g/mol. The van der Waals surface area contributed by atoms with Crippen LogP contribution in [0.25, 0.3) is 0 Å². The van der Waals surface area contributed by atoms with E-state index in [1.807, 2.05) is 12.2 Å². The molecule has 0 fully saturated rings. The van der Waals surface area contributed by atoms with Crippen LogP contribution in [-0.4, -0.2) is 22.2 Å². The van der Waals surface area contributed by atoms with E-state index < -0.39 is 17.9 Å². The van der Waals surface area contributed by atoms with Crippen molar-refractivity contribution in [2.45, 2.75) is 71.1 Å². The molecule has 0 aromatic rings. The van der Waals surface area contributed by atoms with Gasteiger partial charge in [0.15, 0.2) is 0 Å². The van der Waals surface area contributed by atoms with Crippen LogP contribution >= 0.6 is 0 Å². The molecule has 0 spiro atoms. The molecule has 0 radical (unpaired) electrons. The van der Waals surface area contributed by atoms with Crippen molar-refractivity contribution in [2.75, 3.05) is 0 Å². The van der Waals surface area contributed by atoms with Crippen molar-refractivity contribution >= 4 is 11.9 Å². The van der Waals surface area contributed by atoms with Gasteiger partial charge in [-0.15, -0.1) is 6.58 Å². The van der Waals surface area contributed by atoms with E-state index in [2.05, 4.69) is 13.5 Å². The average Bonchev–Trinajstić information content (AvgIpc) is 2.49. The maximum atomic E-state index is 11.0. The summed E-state index contributed by atoms with van der Waals surface area (Å²) in [7, 11) is 0.